The highest BCUT2D eigenvalue weighted by molar-refractivity contribution is 6.30. The first kappa shape index (κ1) is 28.4. The van der Waals surface area contributed by atoms with Gasteiger partial charge in [-0.05, 0) is 81.0 Å². The molecule has 1 aliphatic carbocycles. The maximum Gasteiger partial charge on any atom is 0.337 e. The lowest BCUT2D eigenvalue weighted by atomic mass is 10.0. The third-order valence-corrected chi connectivity index (χ3v) is 6.86. The van der Waals surface area contributed by atoms with Crippen LogP contribution in [0.1, 0.15) is 77.0 Å². The van der Waals surface area contributed by atoms with Crippen LogP contribution in [0.2, 0.25) is 5.02 Å². The first-order valence-corrected chi connectivity index (χ1v) is 13.4. The van der Waals surface area contributed by atoms with Gasteiger partial charge >= 0.3 is 5.97 Å². The number of Topliss-reactive ketones (excluding diaryl/α,β-unsaturated/α-hetero) is 1. The molecule has 1 aromatic heterocycles. The number of aromatic nitrogens is 2. The minimum Gasteiger partial charge on any atom is -0.492 e. The molecule has 204 valence electrons. The topological polar surface area (TPSA) is 79.7 Å². The normalized spacial score (nSPS) is 12.9. The van der Waals surface area contributed by atoms with Crippen LogP contribution < -0.4 is 4.74 Å². The van der Waals surface area contributed by atoms with Gasteiger partial charge in [-0.1, -0.05) is 29.7 Å². The molecule has 1 aliphatic rings. The monoisotopic (exact) mass is 548 g/mol. The average molecular weight is 549 g/mol. The standard InChI is InChI=1S/C31H33ClN2O5/c1-31(2,38-4)18-17-26-28(27(35)16-7-21-5-8-23(9-6-21)30(36)37-3)34(29(33-26)22-10-11-22)19-20-39-25-14-12-24(32)13-15-25/h5-6,8-9,12-15,22H,7,10-11,16,19-20H2,1-4H3. The molecular formula is C31H33ClN2O5. The van der Waals surface area contributed by atoms with E-state index in [9.17, 15) is 9.59 Å². The Morgan fingerprint density at radius 1 is 1.08 bits per heavy atom. The second kappa shape index (κ2) is 12.5. The molecular weight excluding hydrogens is 516 g/mol. The number of aryl methyl sites for hydroxylation is 1. The molecule has 8 heteroatoms. The van der Waals surface area contributed by atoms with Crippen LogP contribution in [0, 0.1) is 11.8 Å². The number of nitrogens with zero attached hydrogens (tertiary/aromatic N) is 2. The fourth-order valence-electron chi connectivity index (χ4n) is 4.07. The molecule has 1 saturated carbocycles. The van der Waals surface area contributed by atoms with Gasteiger partial charge in [0.15, 0.2) is 5.78 Å². The Hall–Kier alpha value is -3.60. The molecule has 0 bridgehead atoms. The number of carbonyl (C=O) groups excluding carboxylic acids is 2. The van der Waals surface area contributed by atoms with Crippen LogP contribution in [0.15, 0.2) is 48.5 Å². The summed E-state index contributed by atoms with van der Waals surface area (Å²) in [5.74, 6) is 7.70. The predicted molar refractivity (Wildman–Crippen MR) is 150 cm³/mol. The van der Waals surface area contributed by atoms with Gasteiger partial charge in [-0.25, -0.2) is 9.78 Å². The zero-order chi connectivity index (χ0) is 28.0. The van der Waals surface area contributed by atoms with Crippen LogP contribution in [0.5, 0.6) is 5.75 Å². The summed E-state index contributed by atoms with van der Waals surface area (Å²) in [6.07, 6.45) is 2.85. The van der Waals surface area contributed by atoms with Crippen LogP contribution in [-0.2, 0) is 22.4 Å². The fourth-order valence-corrected chi connectivity index (χ4v) is 4.19. The predicted octanol–water partition coefficient (Wildman–Crippen LogP) is 5.87. The van der Waals surface area contributed by atoms with E-state index in [0.29, 0.717) is 53.2 Å². The van der Waals surface area contributed by atoms with Crippen molar-refractivity contribution in [3.05, 3.63) is 81.9 Å². The molecule has 3 aromatic rings. The molecule has 39 heavy (non-hydrogen) atoms. The van der Waals surface area contributed by atoms with E-state index in [1.807, 2.05) is 42.7 Å². The summed E-state index contributed by atoms with van der Waals surface area (Å²) in [6.45, 7) is 4.57. The largest absolute Gasteiger partial charge is 0.492 e. The van der Waals surface area contributed by atoms with Gasteiger partial charge in [0.1, 0.15) is 35.2 Å². The molecule has 7 nitrogen and oxygen atoms in total. The fraction of sp³-hybridized carbons (Fsp3) is 0.387. The summed E-state index contributed by atoms with van der Waals surface area (Å²) in [5, 5.41) is 0.642. The van der Waals surface area contributed by atoms with Crippen LogP contribution in [0.4, 0.5) is 0 Å². The number of esters is 1. The summed E-state index contributed by atoms with van der Waals surface area (Å²) in [6, 6.07) is 14.3. The minimum atomic E-state index is -0.678. The van der Waals surface area contributed by atoms with Crippen molar-refractivity contribution in [2.45, 2.75) is 57.6 Å². The number of methoxy groups -OCH3 is 2. The van der Waals surface area contributed by atoms with Crippen molar-refractivity contribution in [1.29, 1.82) is 0 Å². The summed E-state index contributed by atoms with van der Waals surface area (Å²) in [7, 11) is 2.96. The Kier molecular flexibility index (Phi) is 9.11. The molecule has 0 amide bonds. The van der Waals surface area contributed by atoms with Crippen LogP contribution >= 0.6 is 11.6 Å². The SMILES string of the molecule is COC(=O)c1ccc(CCC(=O)c2c(C#CC(C)(C)OC)nc(C3CC3)n2CCOc2ccc(Cl)cc2)cc1. The zero-order valence-electron chi connectivity index (χ0n) is 22.8. The molecule has 0 saturated heterocycles. The summed E-state index contributed by atoms with van der Waals surface area (Å²) in [4.78, 5) is 30.3. The van der Waals surface area contributed by atoms with Crippen molar-refractivity contribution in [2.24, 2.45) is 0 Å². The maximum absolute atomic E-state index is 13.7. The minimum absolute atomic E-state index is 0.0440. The van der Waals surface area contributed by atoms with E-state index in [1.54, 1.807) is 31.4 Å². The van der Waals surface area contributed by atoms with E-state index in [0.717, 1.165) is 24.2 Å². The third kappa shape index (κ3) is 7.50. The van der Waals surface area contributed by atoms with Gasteiger partial charge in [-0.15, -0.1) is 0 Å². The molecule has 4 rings (SSSR count). The first-order valence-electron chi connectivity index (χ1n) is 13.0. The quantitative estimate of drug-likeness (QED) is 0.169. The Morgan fingerprint density at radius 2 is 1.77 bits per heavy atom. The number of ether oxygens (including phenoxy) is 3. The van der Waals surface area contributed by atoms with Gasteiger partial charge in [0, 0.05) is 24.5 Å². The molecule has 1 heterocycles. The Bertz CT molecular complexity index is 1380. The highest BCUT2D eigenvalue weighted by Crippen LogP contribution is 2.40. The molecule has 0 unspecified atom stereocenters. The van der Waals surface area contributed by atoms with Crippen molar-refractivity contribution in [3.63, 3.8) is 0 Å². The average Bonchev–Trinajstić information content (AvgIpc) is 3.73. The second-order valence-corrected chi connectivity index (χ2v) is 10.4. The van der Waals surface area contributed by atoms with E-state index in [-0.39, 0.29) is 12.2 Å². The number of imidazole rings is 1. The Labute approximate surface area is 234 Å². The van der Waals surface area contributed by atoms with E-state index in [4.69, 9.17) is 30.8 Å². The maximum atomic E-state index is 13.7. The number of halogens is 1. The first-order chi connectivity index (χ1) is 18.7. The number of hydrogen-bond donors (Lipinski definition) is 0. The van der Waals surface area contributed by atoms with E-state index in [2.05, 4.69) is 11.8 Å². The lowest BCUT2D eigenvalue weighted by molar-refractivity contribution is 0.0600. The highest BCUT2D eigenvalue weighted by atomic mass is 35.5. The van der Waals surface area contributed by atoms with Crippen molar-refractivity contribution in [3.8, 4) is 17.6 Å². The van der Waals surface area contributed by atoms with Crippen LogP contribution in [-0.4, -0.2) is 47.7 Å². The van der Waals surface area contributed by atoms with E-state index < -0.39 is 11.6 Å². The molecule has 0 atom stereocenters. The van der Waals surface area contributed by atoms with Gasteiger partial charge in [0.25, 0.3) is 0 Å². The number of ketones is 1. The van der Waals surface area contributed by atoms with Crippen LogP contribution in [0.25, 0.3) is 0 Å². The number of hydrogen-bond acceptors (Lipinski definition) is 6. The van der Waals surface area contributed by atoms with Gasteiger partial charge < -0.3 is 18.8 Å². The molecule has 0 aliphatic heterocycles. The Balaban J connectivity index is 1.59. The molecule has 0 N–H and O–H groups in total. The smallest absolute Gasteiger partial charge is 0.337 e. The molecule has 0 radical (unpaired) electrons. The molecule has 1 fully saturated rings. The number of carbonyl (C=O) groups is 2. The van der Waals surface area contributed by atoms with Crippen molar-refractivity contribution in [2.75, 3.05) is 20.8 Å². The number of rotatable bonds is 11. The van der Waals surface area contributed by atoms with Crippen molar-refractivity contribution in [1.82, 2.24) is 9.55 Å². The van der Waals surface area contributed by atoms with Gasteiger partial charge in [0.05, 0.1) is 19.2 Å². The lowest BCUT2D eigenvalue weighted by Gasteiger charge is -2.14. The summed E-state index contributed by atoms with van der Waals surface area (Å²) < 4.78 is 18.2. The molecule has 0 spiro atoms. The third-order valence-electron chi connectivity index (χ3n) is 6.61. The highest BCUT2D eigenvalue weighted by Gasteiger charge is 2.33. The molecule has 2 aromatic carbocycles. The summed E-state index contributed by atoms with van der Waals surface area (Å²) in [5.41, 5.74) is 1.72. The zero-order valence-corrected chi connectivity index (χ0v) is 23.5. The van der Waals surface area contributed by atoms with E-state index >= 15 is 0 Å². The summed E-state index contributed by atoms with van der Waals surface area (Å²) >= 11 is 5.99. The number of benzene rings is 2. The van der Waals surface area contributed by atoms with Crippen LogP contribution in [0.3, 0.4) is 0 Å². The lowest BCUT2D eigenvalue weighted by Crippen LogP contribution is -2.19. The second-order valence-electron chi connectivity index (χ2n) is 9.97. The Morgan fingerprint density at radius 3 is 2.38 bits per heavy atom. The van der Waals surface area contributed by atoms with Crippen molar-refractivity contribution < 1.29 is 23.8 Å². The van der Waals surface area contributed by atoms with Gasteiger partial charge in [-0.2, -0.15) is 0 Å². The van der Waals surface area contributed by atoms with Crippen molar-refractivity contribution >= 4 is 23.4 Å². The van der Waals surface area contributed by atoms with E-state index in [1.165, 1.54) is 7.11 Å². The van der Waals surface area contributed by atoms with Gasteiger partial charge in [-0.3, -0.25) is 4.79 Å². The van der Waals surface area contributed by atoms with Gasteiger partial charge in [0.2, 0.25) is 0 Å².